The number of imidazole rings is 1. The molecular weight excluding hydrogens is 376 g/mol. The van der Waals surface area contributed by atoms with Gasteiger partial charge < -0.3 is 14.4 Å². The fourth-order valence-electron chi connectivity index (χ4n) is 8.56. The predicted molar refractivity (Wildman–Crippen MR) is 115 cm³/mol. The van der Waals surface area contributed by atoms with Crippen LogP contribution in [0.15, 0.2) is 18.7 Å². The molecule has 0 unspecified atom stereocenters. The van der Waals surface area contributed by atoms with E-state index in [1.807, 2.05) is 10.8 Å². The van der Waals surface area contributed by atoms with Crippen LogP contribution >= 0.6 is 0 Å². The van der Waals surface area contributed by atoms with E-state index in [4.69, 9.17) is 4.74 Å². The van der Waals surface area contributed by atoms with Crippen molar-refractivity contribution in [3.8, 4) is 0 Å². The SMILES string of the molecule is COC[C@@]1(O)CC[C@H]2[C@H](CC[C@@H]3[C@@H]2CC[C@]2(C)[C@@H](C(=O)Cn4ccnc4)CC[C@@H]32)C1. The molecule has 166 valence electrons. The summed E-state index contributed by atoms with van der Waals surface area (Å²) in [5.41, 5.74) is -0.429. The Hall–Kier alpha value is -1.20. The molecule has 0 amide bonds. The molecule has 4 aliphatic carbocycles. The average Bonchev–Trinajstić information content (AvgIpc) is 3.34. The molecule has 0 saturated heterocycles. The van der Waals surface area contributed by atoms with E-state index in [1.54, 1.807) is 19.6 Å². The molecule has 0 aliphatic heterocycles. The quantitative estimate of drug-likeness (QED) is 0.788. The zero-order valence-electron chi connectivity index (χ0n) is 18.6. The first kappa shape index (κ1) is 20.7. The van der Waals surface area contributed by atoms with Gasteiger partial charge in [0.05, 0.1) is 25.1 Å². The number of nitrogens with zero attached hydrogens (tertiary/aromatic N) is 2. The van der Waals surface area contributed by atoms with E-state index in [0.717, 1.165) is 43.4 Å². The summed E-state index contributed by atoms with van der Waals surface area (Å²) in [6.45, 7) is 3.39. The highest BCUT2D eigenvalue weighted by Gasteiger charge is 2.58. The Morgan fingerprint density at radius 3 is 2.73 bits per heavy atom. The molecule has 1 heterocycles. The Bertz CT molecular complexity index is 764. The van der Waals surface area contributed by atoms with Crippen molar-refractivity contribution in [2.45, 2.75) is 76.9 Å². The van der Waals surface area contributed by atoms with Gasteiger partial charge in [-0.2, -0.15) is 0 Å². The van der Waals surface area contributed by atoms with Crippen molar-refractivity contribution in [3.63, 3.8) is 0 Å². The van der Waals surface area contributed by atoms with Gasteiger partial charge in [0.15, 0.2) is 5.78 Å². The lowest BCUT2D eigenvalue weighted by Crippen LogP contribution is -2.52. The summed E-state index contributed by atoms with van der Waals surface area (Å²) in [4.78, 5) is 17.3. The number of carbonyl (C=O) groups is 1. The van der Waals surface area contributed by atoms with Crippen LogP contribution in [-0.2, 0) is 16.1 Å². The smallest absolute Gasteiger partial charge is 0.156 e. The molecule has 5 nitrogen and oxygen atoms in total. The van der Waals surface area contributed by atoms with E-state index in [1.165, 1.54) is 32.1 Å². The van der Waals surface area contributed by atoms with E-state index in [0.29, 0.717) is 30.8 Å². The van der Waals surface area contributed by atoms with Crippen LogP contribution in [0.3, 0.4) is 0 Å². The maximum Gasteiger partial charge on any atom is 0.156 e. The topological polar surface area (TPSA) is 64.3 Å². The second kappa shape index (κ2) is 7.74. The van der Waals surface area contributed by atoms with Gasteiger partial charge in [-0.3, -0.25) is 4.79 Å². The normalized spacial score (nSPS) is 45.4. The number of hydrogen-bond donors (Lipinski definition) is 1. The first-order valence-electron chi connectivity index (χ1n) is 12.1. The molecule has 4 fully saturated rings. The molecule has 5 heteroatoms. The van der Waals surface area contributed by atoms with Crippen LogP contribution in [0.25, 0.3) is 0 Å². The minimum Gasteiger partial charge on any atom is -0.387 e. The molecule has 1 aromatic heterocycles. The molecule has 0 aromatic carbocycles. The predicted octanol–water partition coefficient (Wildman–Crippen LogP) is 4.10. The summed E-state index contributed by atoms with van der Waals surface area (Å²) >= 11 is 0. The summed E-state index contributed by atoms with van der Waals surface area (Å²) in [7, 11) is 1.70. The largest absolute Gasteiger partial charge is 0.387 e. The molecule has 8 atom stereocenters. The van der Waals surface area contributed by atoms with Crippen LogP contribution in [0.1, 0.15) is 64.7 Å². The van der Waals surface area contributed by atoms with Gasteiger partial charge in [0, 0.05) is 25.4 Å². The van der Waals surface area contributed by atoms with Crippen molar-refractivity contribution in [2.24, 2.45) is 40.9 Å². The Balaban J connectivity index is 1.29. The van der Waals surface area contributed by atoms with Crippen LogP contribution in [0.5, 0.6) is 0 Å². The summed E-state index contributed by atoms with van der Waals surface area (Å²) in [6, 6.07) is 0. The standard InChI is InChI=1S/C25H38N2O3/c1-24-9-7-19-18-8-10-25(29,15-30-2)13-17(18)3-4-20(19)21(24)5-6-22(24)23(28)14-27-12-11-26-16-27/h11-12,16-22,29H,3-10,13-15H2,1-2H3/t17-,18+,19-,20-,21+,22-,24+,25-/m1/s1. The number of fused-ring (bicyclic) bond motifs is 5. The minimum absolute atomic E-state index is 0.178. The van der Waals surface area contributed by atoms with Crippen LogP contribution in [-0.4, -0.2) is 39.8 Å². The molecule has 30 heavy (non-hydrogen) atoms. The number of ether oxygens (including phenoxy) is 1. The molecule has 0 spiro atoms. The average molecular weight is 415 g/mol. The van der Waals surface area contributed by atoms with E-state index in [9.17, 15) is 9.90 Å². The van der Waals surface area contributed by atoms with Crippen molar-refractivity contribution < 1.29 is 14.6 Å². The van der Waals surface area contributed by atoms with E-state index in [2.05, 4.69) is 11.9 Å². The fraction of sp³-hybridized carbons (Fsp3) is 0.840. The van der Waals surface area contributed by atoms with Crippen molar-refractivity contribution in [1.29, 1.82) is 0 Å². The van der Waals surface area contributed by atoms with Crippen molar-refractivity contribution in [3.05, 3.63) is 18.7 Å². The second-order valence-electron chi connectivity index (χ2n) is 11.2. The van der Waals surface area contributed by atoms with E-state index in [-0.39, 0.29) is 11.3 Å². The number of methoxy groups -OCH3 is 1. The Morgan fingerprint density at radius 2 is 1.97 bits per heavy atom. The zero-order chi connectivity index (χ0) is 20.9. The molecule has 4 saturated carbocycles. The van der Waals surface area contributed by atoms with Crippen LogP contribution in [0, 0.1) is 40.9 Å². The summed E-state index contributed by atoms with van der Waals surface area (Å²) in [6.07, 6.45) is 15.7. The van der Waals surface area contributed by atoms with Crippen molar-refractivity contribution in [1.82, 2.24) is 9.55 Å². The number of rotatable bonds is 5. The van der Waals surface area contributed by atoms with Crippen LogP contribution < -0.4 is 0 Å². The first-order chi connectivity index (χ1) is 14.4. The molecule has 1 N–H and O–H groups in total. The van der Waals surface area contributed by atoms with Crippen molar-refractivity contribution in [2.75, 3.05) is 13.7 Å². The molecule has 4 aliphatic rings. The molecule has 1 aromatic rings. The van der Waals surface area contributed by atoms with Gasteiger partial charge in [0.1, 0.15) is 0 Å². The fourth-order valence-corrected chi connectivity index (χ4v) is 8.56. The van der Waals surface area contributed by atoms with E-state index < -0.39 is 5.60 Å². The second-order valence-corrected chi connectivity index (χ2v) is 11.2. The zero-order valence-corrected chi connectivity index (χ0v) is 18.6. The maximum atomic E-state index is 13.2. The van der Waals surface area contributed by atoms with Gasteiger partial charge in [-0.25, -0.2) is 4.98 Å². The third-order valence-electron chi connectivity index (χ3n) is 9.80. The Labute approximate surface area is 180 Å². The molecule has 0 bridgehead atoms. The third-order valence-corrected chi connectivity index (χ3v) is 9.80. The van der Waals surface area contributed by atoms with Gasteiger partial charge in [-0.05, 0) is 92.8 Å². The highest BCUT2D eigenvalue weighted by Crippen LogP contribution is 2.64. The number of aliphatic hydroxyl groups is 1. The van der Waals surface area contributed by atoms with Crippen LogP contribution in [0.4, 0.5) is 0 Å². The summed E-state index contributed by atoms with van der Waals surface area (Å²) in [5.74, 6) is 4.33. The van der Waals surface area contributed by atoms with Gasteiger partial charge >= 0.3 is 0 Å². The Kier molecular flexibility index (Phi) is 5.34. The lowest BCUT2D eigenvalue weighted by Gasteiger charge is -2.57. The van der Waals surface area contributed by atoms with Gasteiger partial charge in [0.25, 0.3) is 0 Å². The maximum absolute atomic E-state index is 13.2. The van der Waals surface area contributed by atoms with Crippen LogP contribution in [0.2, 0.25) is 0 Å². The van der Waals surface area contributed by atoms with Gasteiger partial charge in [-0.1, -0.05) is 6.92 Å². The van der Waals surface area contributed by atoms with Gasteiger partial charge in [0.2, 0.25) is 0 Å². The number of carbonyl (C=O) groups excluding carboxylic acids is 1. The lowest BCUT2D eigenvalue weighted by atomic mass is 9.49. The Morgan fingerprint density at radius 1 is 1.13 bits per heavy atom. The first-order valence-corrected chi connectivity index (χ1v) is 12.1. The summed E-state index contributed by atoms with van der Waals surface area (Å²) in [5, 5.41) is 10.9. The number of Topliss-reactive ketones (excluding diaryl/α,β-unsaturated/α-hetero) is 1. The van der Waals surface area contributed by atoms with Gasteiger partial charge in [-0.15, -0.1) is 0 Å². The molecular formula is C25H38N2O3. The summed E-state index contributed by atoms with van der Waals surface area (Å²) < 4.78 is 7.25. The third kappa shape index (κ3) is 3.37. The lowest BCUT2D eigenvalue weighted by molar-refractivity contribution is -0.136. The minimum atomic E-state index is -0.607. The van der Waals surface area contributed by atoms with Crippen molar-refractivity contribution >= 4 is 5.78 Å². The van der Waals surface area contributed by atoms with E-state index >= 15 is 0 Å². The number of hydrogen-bond acceptors (Lipinski definition) is 4. The monoisotopic (exact) mass is 414 g/mol. The highest BCUT2D eigenvalue weighted by atomic mass is 16.5. The number of aromatic nitrogens is 2. The molecule has 5 rings (SSSR count). The highest BCUT2D eigenvalue weighted by molar-refractivity contribution is 5.82. The molecule has 0 radical (unpaired) electrons. The number of ketones is 1.